The second-order valence-electron chi connectivity index (χ2n) is 4.82. The van der Waals surface area contributed by atoms with Gasteiger partial charge in [-0.15, -0.1) is 11.3 Å². The van der Waals surface area contributed by atoms with E-state index in [1.54, 1.807) is 11.3 Å². The zero-order valence-electron chi connectivity index (χ0n) is 11.7. The van der Waals surface area contributed by atoms with Crippen LogP contribution in [0.4, 0.5) is 11.4 Å². The standard InChI is InChI=1S/C17H16N2OS/c1-12(20)19-16-9-10-21-17(16)11-18-15-8-4-6-13-5-2-3-7-14(13)15/h2-10,18H,11H2,1H3,(H,19,20). The van der Waals surface area contributed by atoms with Crippen LogP contribution in [0.15, 0.2) is 53.9 Å². The topological polar surface area (TPSA) is 41.1 Å². The lowest BCUT2D eigenvalue weighted by molar-refractivity contribution is -0.114. The van der Waals surface area contributed by atoms with Crippen molar-refractivity contribution in [3.05, 3.63) is 58.8 Å². The predicted octanol–water partition coefficient (Wildman–Crippen LogP) is 4.47. The van der Waals surface area contributed by atoms with Crippen molar-refractivity contribution < 1.29 is 4.79 Å². The molecule has 3 rings (SSSR count). The molecular weight excluding hydrogens is 280 g/mol. The number of fused-ring (bicyclic) bond motifs is 1. The molecular formula is C17H16N2OS. The van der Waals surface area contributed by atoms with Crippen LogP contribution in [-0.4, -0.2) is 5.91 Å². The van der Waals surface area contributed by atoms with Gasteiger partial charge in [-0.25, -0.2) is 0 Å². The summed E-state index contributed by atoms with van der Waals surface area (Å²) in [6.45, 7) is 2.22. The maximum absolute atomic E-state index is 11.2. The van der Waals surface area contributed by atoms with Crippen LogP contribution in [0.1, 0.15) is 11.8 Å². The SMILES string of the molecule is CC(=O)Nc1ccsc1CNc1cccc2ccccc12. The van der Waals surface area contributed by atoms with Gasteiger partial charge in [0.1, 0.15) is 0 Å². The fraction of sp³-hybridized carbons (Fsp3) is 0.118. The van der Waals surface area contributed by atoms with Crippen molar-refractivity contribution >= 4 is 39.4 Å². The first-order chi connectivity index (χ1) is 10.2. The van der Waals surface area contributed by atoms with Crippen LogP contribution in [0.2, 0.25) is 0 Å². The van der Waals surface area contributed by atoms with E-state index in [1.165, 1.54) is 17.7 Å². The Labute approximate surface area is 127 Å². The van der Waals surface area contributed by atoms with Gasteiger partial charge in [-0.05, 0) is 22.9 Å². The Hall–Kier alpha value is -2.33. The Balaban J connectivity index is 1.81. The molecule has 0 radical (unpaired) electrons. The zero-order chi connectivity index (χ0) is 14.7. The van der Waals surface area contributed by atoms with Gasteiger partial charge >= 0.3 is 0 Å². The van der Waals surface area contributed by atoms with Crippen molar-refractivity contribution in [2.75, 3.05) is 10.6 Å². The number of nitrogens with one attached hydrogen (secondary N) is 2. The molecule has 2 N–H and O–H groups in total. The molecule has 21 heavy (non-hydrogen) atoms. The van der Waals surface area contributed by atoms with Gasteiger partial charge < -0.3 is 10.6 Å². The Morgan fingerprint density at radius 2 is 1.86 bits per heavy atom. The lowest BCUT2D eigenvalue weighted by atomic mass is 10.1. The van der Waals surface area contributed by atoms with Crippen molar-refractivity contribution in [2.45, 2.75) is 13.5 Å². The molecule has 0 saturated heterocycles. The maximum Gasteiger partial charge on any atom is 0.221 e. The van der Waals surface area contributed by atoms with Gasteiger partial charge in [-0.1, -0.05) is 36.4 Å². The first-order valence-corrected chi connectivity index (χ1v) is 7.67. The summed E-state index contributed by atoms with van der Waals surface area (Å²) in [6.07, 6.45) is 0. The number of hydrogen-bond acceptors (Lipinski definition) is 3. The molecule has 3 nitrogen and oxygen atoms in total. The molecule has 106 valence electrons. The number of benzene rings is 2. The number of hydrogen-bond donors (Lipinski definition) is 2. The Bertz CT molecular complexity index is 774. The third kappa shape index (κ3) is 3.06. The molecule has 0 atom stereocenters. The summed E-state index contributed by atoms with van der Waals surface area (Å²) in [5.74, 6) is -0.0418. The predicted molar refractivity (Wildman–Crippen MR) is 89.9 cm³/mol. The molecule has 0 bridgehead atoms. The van der Waals surface area contributed by atoms with Crippen LogP contribution in [0.25, 0.3) is 10.8 Å². The van der Waals surface area contributed by atoms with Crippen molar-refractivity contribution in [3.8, 4) is 0 Å². The third-order valence-corrected chi connectivity index (χ3v) is 4.21. The van der Waals surface area contributed by atoms with E-state index < -0.39 is 0 Å². The van der Waals surface area contributed by atoms with Gasteiger partial charge in [0.15, 0.2) is 0 Å². The number of carbonyl (C=O) groups is 1. The normalized spacial score (nSPS) is 10.5. The highest BCUT2D eigenvalue weighted by atomic mass is 32.1. The van der Waals surface area contributed by atoms with Crippen LogP contribution >= 0.6 is 11.3 Å². The van der Waals surface area contributed by atoms with E-state index in [2.05, 4.69) is 34.9 Å². The largest absolute Gasteiger partial charge is 0.380 e. The summed E-state index contributed by atoms with van der Waals surface area (Å²) in [4.78, 5) is 12.3. The second-order valence-corrected chi connectivity index (χ2v) is 5.82. The average molecular weight is 296 g/mol. The first-order valence-electron chi connectivity index (χ1n) is 6.79. The minimum absolute atomic E-state index is 0.0418. The smallest absolute Gasteiger partial charge is 0.221 e. The molecule has 0 aliphatic rings. The van der Waals surface area contributed by atoms with Crippen LogP contribution < -0.4 is 10.6 Å². The summed E-state index contributed by atoms with van der Waals surface area (Å²) in [6, 6.07) is 16.5. The van der Waals surface area contributed by atoms with Crippen molar-refractivity contribution in [1.29, 1.82) is 0 Å². The number of rotatable bonds is 4. The highest BCUT2D eigenvalue weighted by Crippen LogP contribution is 2.27. The van der Waals surface area contributed by atoms with E-state index in [9.17, 15) is 4.79 Å². The molecule has 3 aromatic rings. The van der Waals surface area contributed by atoms with Crippen LogP contribution in [0.5, 0.6) is 0 Å². The van der Waals surface area contributed by atoms with Crippen LogP contribution in [-0.2, 0) is 11.3 Å². The molecule has 0 aliphatic heterocycles. The Morgan fingerprint density at radius 1 is 1.05 bits per heavy atom. The molecule has 1 amide bonds. The van der Waals surface area contributed by atoms with Crippen molar-refractivity contribution in [2.24, 2.45) is 0 Å². The number of carbonyl (C=O) groups excluding carboxylic acids is 1. The zero-order valence-corrected chi connectivity index (χ0v) is 12.5. The highest BCUT2D eigenvalue weighted by molar-refractivity contribution is 7.10. The van der Waals surface area contributed by atoms with Gasteiger partial charge in [0.25, 0.3) is 0 Å². The highest BCUT2D eigenvalue weighted by Gasteiger charge is 2.06. The molecule has 0 spiro atoms. The quantitative estimate of drug-likeness (QED) is 0.745. The summed E-state index contributed by atoms with van der Waals surface area (Å²) >= 11 is 1.64. The lowest BCUT2D eigenvalue weighted by Crippen LogP contribution is -2.08. The molecule has 0 fully saturated rings. The first kappa shape index (κ1) is 13.6. The fourth-order valence-electron chi connectivity index (χ4n) is 2.33. The van der Waals surface area contributed by atoms with Gasteiger partial charge in [0.2, 0.25) is 5.91 Å². The van der Waals surface area contributed by atoms with Crippen molar-refractivity contribution in [1.82, 2.24) is 0 Å². The summed E-state index contributed by atoms with van der Waals surface area (Å²) in [7, 11) is 0. The van der Waals surface area contributed by atoms with E-state index >= 15 is 0 Å². The van der Waals surface area contributed by atoms with E-state index in [0.717, 1.165) is 16.3 Å². The molecule has 2 aromatic carbocycles. The molecule has 0 saturated carbocycles. The minimum Gasteiger partial charge on any atom is -0.380 e. The van der Waals surface area contributed by atoms with Gasteiger partial charge in [0.05, 0.1) is 12.2 Å². The van der Waals surface area contributed by atoms with Crippen molar-refractivity contribution in [3.63, 3.8) is 0 Å². The van der Waals surface area contributed by atoms with Crippen LogP contribution in [0.3, 0.4) is 0 Å². The molecule has 0 aliphatic carbocycles. The van der Waals surface area contributed by atoms with E-state index in [4.69, 9.17) is 0 Å². The minimum atomic E-state index is -0.0418. The number of thiophene rings is 1. The van der Waals surface area contributed by atoms with E-state index in [0.29, 0.717) is 6.54 Å². The van der Waals surface area contributed by atoms with Gasteiger partial charge in [0, 0.05) is 22.9 Å². The molecule has 1 heterocycles. The summed E-state index contributed by atoms with van der Waals surface area (Å²) in [5.41, 5.74) is 2.00. The van der Waals surface area contributed by atoms with E-state index in [1.807, 2.05) is 29.6 Å². The maximum atomic E-state index is 11.2. The number of amides is 1. The summed E-state index contributed by atoms with van der Waals surface area (Å²) in [5, 5.41) is 10.7. The molecule has 4 heteroatoms. The Morgan fingerprint density at radius 3 is 2.71 bits per heavy atom. The lowest BCUT2D eigenvalue weighted by Gasteiger charge is -2.10. The second kappa shape index (κ2) is 5.97. The van der Waals surface area contributed by atoms with Crippen LogP contribution in [0, 0.1) is 0 Å². The average Bonchev–Trinajstić information content (AvgIpc) is 2.91. The molecule has 1 aromatic heterocycles. The number of anilines is 2. The monoisotopic (exact) mass is 296 g/mol. The molecule has 0 unspecified atom stereocenters. The van der Waals surface area contributed by atoms with E-state index in [-0.39, 0.29) is 5.91 Å². The third-order valence-electron chi connectivity index (χ3n) is 3.29. The van der Waals surface area contributed by atoms with Gasteiger partial charge in [-0.2, -0.15) is 0 Å². The summed E-state index contributed by atoms with van der Waals surface area (Å²) < 4.78 is 0. The Kier molecular flexibility index (Phi) is 3.88. The fourth-order valence-corrected chi connectivity index (χ4v) is 3.10. The van der Waals surface area contributed by atoms with Gasteiger partial charge in [-0.3, -0.25) is 4.79 Å².